The third-order valence-corrected chi connectivity index (χ3v) is 4.48. The van der Waals surface area contributed by atoms with Crippen LogP contribution in [0.5, 0.6) is 11.5 Å². The number of rotatable bonds is 6. The summed E-state index contributed by atoms with van der Waals surface area (Å²) in [6, 6.07) is 9.49. The van der Waals surface area contributed by atoms with Crippen LogP contribution in [-0.2, 0) is 6.61 Å². The van der Waals surface area contributed by atoms with Crippen molar-refractivity contribution in [2.24, 2.45) is 0 Å². The van der Waals surface area contributed by atoms with E-state index in [2.05, 4.69) is 5.32 Å². The first-order chi connectivity index (χ1) is 13.9. The Hall–Kier alpha value is -3.23. The number of halogens is 2. The SMILES string of the molecule is COc1ccc(C(=O)Nc2c(Cl)c[n+]([O-])cc2Cl)cc1OCc1cccc[n+]1[O-]. The van der Waals surface area contributed by atoms with Crippen LogP contribution in [0, 0.1) is 10.4 Å². The molecule has 0 bridgehead atoms. The fourth-order valence-corrected chi connectivity index (χ4v) is 3.01. The van der Waals surface area contributed by atoms with Gasteiger partial charge < -0.3 is 25.2 Å². The molecular formula is C19H15Cl2N3O5. The Morgan fingerprint density at radius 2 is 1.83 bits per heavy atom. The number of carbonyl (C=O) groups is 1. The second-order valence-corrected chi connectivity index (χ2v) is 6.63. The Balaban J connectivity index is 1.82. The van der Waals surface area contributed by atoms with Gasteiger partial charge in [0.2, 0.25) is 18.1 Å². The predicted molar refractivity (Wildman–Crippen MR) is 106 cm³/mol. The molecule has 0 fully saturated rings. The van der Waals surface area contributed by atoms with Gasteiger partial charge in [0.1, 0.15) is 10.0 Å². The molecule has 0 aliphatic rings. The molecule has 0 saturated carbocycles. The van der Waals surface area contributed by atoms with Crippen molar-refractivity contribution in [2.75, 3.05) is 12.4 Å². The molecule has 3 rings (SSSR count). The number of hydrogen-bond donors (Lipinski definition) is 1. The summed E-state index contributed by atoms with van der Waals surface area (Å²) in [5, 5.41) is 25.6. The number of nitrogens with one attached hydrogen (secondary N) is 1. The number of nitrogens with zero attached hydrogens (tertiary/aromatic N) is 2. The average Bonchev–Trinajstić information content (AvgIpc) is 2.69. The van der Waals surface area contributed by atoms with Crippen LogP contribution in [0.15, 0.2) is 55.0 Å². The summed E-state index contributed by atoms with van der Waals surface area (Å²) in [6.45, 7) is -0.0222. The van der Waals surface area contributed by atoms with Crippen molar-refractivity contribution >= 4 is 34.8 Å². The monoisotopic (exact) mass is 435 g/mol. The summed E-state index contributed by atoms with van der Waals surface area (Å²) in [7, 11) is 1.46. The van der Waals surface area contributed by atoms with E-state index in [1.165, 1.54) is 25.4 Å². The number of benzene rings is 1. The minimum atomic E-state index is -0.524. The van der Waals surface area contributed by atoms with Crippen molar-refractivity contribution in [2.45, 2.75) is 6.61 Å². The van der Waals surface area contributed by atoms with Crippen molar-refractivity contribution in [3.8, 4) is 11.5 Å². The summed E-state index contributed by atoms with van der Waals surface area (Å²) in [5.74, 6) is 0.133. The van der Waals surface area contributed by atoms with E-state index in [0.29, 0.717) is 20.9 Å². The second-order valence-electron chi connectivity index (χ2n) is 5.82. The molecule has 0 saturated heterocycles. The third kappa shape index (κ3) is 4.79. The lowest BCUT2D eigenvalue weighted by molar-refractivity contribution is -0.616. The molecule has 0 radical (unpaired) electrons. The van der Waals surface area contributed by atoms with Crippen molar-refractivity contribution < 1.29 is 23.7 Å². The van der Waals surface area contributed by atoms with Gasteiger partial charge in [-0.1, -0.05) is 23.2 Å². The Bertz CT molecular complexity index is 1040. The van der Waals surface area contributed by atoms with Crippen LogP contribution in [0.1, 0.15) is 16.1 Å². The molecule has 150 valence electrons. The minimum absolute atomic E-state index is 0.00471. The first kappa shape index (κ1) is 20.5. The van der Waals surface area contributed by atoms with Gasteiger partial charge in [-0.2, -0.15) is 9.46 Å². The zero-order valence-electron chi connectivity index (χ0n) is 15.1. The molecule has 1 amide bonds. The molecule has 0 aliphatic heterocycles. The standard InChI is InChI=1S/C19H15Cl2N3O5/c1-28-16-6-5-12(8-17(16)29-11-13-4-2-3-7-24(13)27)19(25)22-18-14(20)9-23(26)10-15(18)21/h2-10H,11H2,1H3,(H,22,25). The fourth-order valence-electron chi connectivity index (χ4n) is 2.47. The van der Waals surface area contributed by atoms with Crippen molar-refractivity contribution in [1.29, 1.82) is 0 Å². The average molecular weight is 436 g/mol. The number of ether oxygens (including phenoxy) is 2. The van der Waals surface area contributed by atoms with Crippen molar-refractivity contribution in [3.63, 3.8) is 0 Å². The quantitative estimate of drug-likeness (QED) is 0.473. The Morgan fingerprint density at radius 3 is 2.48 bits per heavy atom. The molecule has 3 aromatic rings. The molecule has 2 aromatic heterocycles. The van der Waals surface area contributed by atoms with Crippen LogP contribution in [-0.4, -0.2) is 13.0 Å². The van der Waals surface area contributed by atoms with Gasteiger partial charge in [-0.25, -0.2) is 0 Å². The maximum atomic E-state index is 12.6. The van der Waals surface area contributed by atoms with E-state index in [0.717, 1.165) is 12.4 Å². The van der Waals surface area contributed by atoms with E-state index >= 15 is 0 Å². The Labute approximate surface area is 176 Å². The lowest BCUT2D eigenvalue weighted by atomic mass is 10.2. The highest BCUT2D eigenvalue weighted by Gasteiger charge is 2.17. The number of carbonyl (C=O) groups excluding carboxylic acids is 1. The molecule has 2 heterocycles. The van der Waals surface area contributed by atoms with Crippen LogP contribution in [0.25, 0.3) is 0 Å². The topological polar surface area (TPSA) is 101 Å². The number of amides is 1. The lowest BCUT2D eigenvalue weighted by Crippen LogP contribution is -2.31. The van der Waals surface area contributed by atoms with E-state index in [9.17, 15) is 15.2 Å². The summed E-state index contributed by atoms with van der Waals surface area (Å²) in [4.78, 5) is 12.6. The van der Waals surface area contributed by atoms with Crippen LogP contribution >= 0.6 is 23.2 Å². The molecule has 1 N–H and O–H groups in total. The maximum Gasteiger partial charge on any atom is 0.255 e. The number of pyridine rings is 2. The van der Waals surface area contributed by atoms with Gasteiger partial charge in [0.25, 0.3) is 5.91 Å². The van der Waals surface area contributed by atoms with Crippen LogP contribution in [0.4, 0.5) is 5.69 Å². The Kier molecular flexibility index (Phi) is 6.26. The number of methoxy groups -OCH3 is 1. The fraction of sp³-hybridized carbons (Fsp3) is 0.105. The van der Waals surface area contributed by atoms with Gasteiger partial charge in [0, 0.05) is 17.7 Å². The highest BCUT2D eigenvalue weighted by molar-refractivity contribution is 6.39. The molecule has 0 unspecified atom stereocenters. The van der Waals surface area contributed by atoms with Gasteiger partial charge in [0.15, 0.2) is 24.3 Å². The van der Waals surface area contributed by atoms with Gasteiger partial charge >= 0.3 is 0 Å². The highest BCUT2D eigenvalue weighted by atomic mass is 35.5. The number of hydrogen-bond acceptors (Lipinski definition) is 5. The van der Waals surface area contributed by atoms with Crippen molar-refractivity contribution in [1.82, 2.24) is 0 Å². The molecule has 0 aliphatic carbocycles. The minimum Gasteiger partial charge on any atom is -0.619 e. The van der Waals surface area contributed by atoms with Gasteiger partial charge in [-0.05, 0) is 24.3 Å². The zero-order chi connectivity index (χ0) is 21.0. The van der Waals surface area contributed by atoms with E-state index in [-0.39, 0.29) is 33.7 Å². The summed E-state index contributed by atoms with van der Waals surface area (Å²) in [5.41, 5.74) is 0.730. The normalized spacial score (nSPS) is 10.4. The largest absolute Gasteiger partial charge is 0.619 e. The molecule has 1 aromatic carbocycles. The summed E-state index contributed by atoms with van der Waals surface area (Å²) in [6.07, 6.45) is 3.51. The van der Waals surface area contributed by atoms with Gasteiger partial charge in [-0.15, -0.1) is 0 Å². The first-order valence-electron chi connectivity index (χ1n) is 8.26. The summed E-state index contributed by atoms with van der Waals surface area (Å²) < 4.78 is 12.0. The molecule has 10 heteroatoms. The van der Waals surface area contributed by atoms with Crippen LogP contribution < -0.4 is 24.3 Å². The summed E-state index contributed by atoms with van der Waals surface area (Å²) >= 11 is 12.0. The molecular weight excluding hydrogens is 421 g/mol. The number of anilines is 1. The van der Waals surface area contributed by atoms with Crippen molar-refractivity contribution in [3.05, 3.63) is 86.7 Å². The second kappa shape index (κ2) is 8.85. The molecule has 0 atom stereocenters. The number of aromatic nitrogens is 2. The Morgan fingerprint density at radius 1 is 1.10 bits per heavy atom. The predicted octanol–water partition coefficient (Wildman–Crippen LogP) is 3.10. The maximum absolute atomic E-state index is 12.6. The van der Waals surface area contributed by atoms with E-state index in [4.69, 9.17) is 32.7 Å². The van der Waals surface area contributed by atoms with E-state index in [1.54, 1.807) is 24.3 Å². The molecule has 29 heavy (non-hydrogen) atoms. The van der Waals surface area contributed by atoms with Crippen LogP contribution in [0.2, 0.25) is 10.0 Å². The van der Waals surface area contributed by atoms with Gasteiger partial charge in [0.05, 0.1) is 12.8 Å². The molecule has 8 nitrogen and oxygen atoms in total. The van der Waals surface area contributed by atoms with E-state index < -0.39 is 5.91 Å². The van der Waals surface area contributed by atoms with E-state index in [1.807, 2.05) is 0 Å². The van der Waals surface area contributed by atoms with Gasteiger partial charge in [-0.3, -0.25) is 4.79 Å². The molecule has 0 spiro atoms. The smallest absolute Gasteiger partial charge is 0.255 e. The van der Waals surface area contributed by atoms with Crippen LogP contribution in [0.3, 0.4) is 0 Å². The zero-order valence-corrected chi connectivity index (χ0v) is 16.6. The third-order valence-electron chi connectivity index (χ3n) is 3.90. The highest BCUT2D eigenvalue weighted by Crippen LogP contribution is 2.31. The lowest BCUT2D eigenvalue weighted by Gasteiger charge is -2.13. The first-order valence-corrected chi connectivity index (χ1v) is 9.01.